The number of benzene rings is 1. The molecule has 1 aliphatic carbocycles. The van der Waals surface area contributed by atoms with E-state index in [0.717, 1.165) is 24.4 Å². The summed E-state index contributed by atoms with van der Waals surface area (Å²) in [5.41, 5.74) is 1.52. The van der Waals surface area contributed by atoms with E-state index in [1.807, 2.05) is 6.07 Å². The highest BCUT2D eigenvalue weighted by Gasteiger charge is 2.41. The van der Waals surface area contributed by atoms with Gasteiger partial charge in [-0.05, 0) is 61.3 Å². The van der Waals surface area contributed by atoms with Crippen LogP contribution in [-0.2, 0) is 6.42 Å². The van der Waals surface area contributed by atoms with Gasteiger partial charge in [-0.1, -0.05) is 45.7 Å². The Bertz CT molecular complexity index is 435. The predicted octanol–water partition coefficient (Wildman–Crippen LogP) is 4.95. The molecule has 1 N–H and O–H groups in total. The lowest BCUT2D eigenvalue weighted by atomic mass is 9.70. The average Bonchev–Trinajstić information content (AvgIpc) is 2.87. The standard InChI is InChI=1S/C19H30FN/c1-4-21-18(13-16-8-7-9-17(20)12-16)19(14-15(2)3)10-5-6-11-19/h7-9,12,15,18,21H,4-6,10-11,13-14H2,1-3H3. The van der Waals surface area contributed by atoms with Gasteiger partial charge < -0.3 is 5.32 Å². The summed E-state index contributed by atoms with van der Waals surface area (Å²) >= 11 is 0. The summed E-state index contributed by atoms with van der Waals surface area (Å²) in [6.45, 7) is 7.81. The summed E-state index contributed by atoms with van der Waals surface area (Å²) in [5.74, 6) is 0.601. The normalized spacial score (nSPS) is 19.1. The summed E-state index contributed by atoms with van der Waals surface area (Å²) in [6, 6.07) is 7.59. The van der Waals surface area contributed by atoms with Crippen molar-refractivity contribution in [2.75, 3.05) is 6.54 Å². The lowest BCUT2D eigenvalue weighted by Gasteiger charge is -2.40. The molecule has 1 aromatic carbocycles. The van der Waals surface area contributed by atoms with Crippen LogP contribution in [0.25, 0.3) is 0 Å². The largest absolute Gasteiger partial charge is 0.313 e. The molecule has 0 bridgehead atoms. The van der Waals surface area contributed by atoms with E-state index >= 15 is 0 Å². The minimum Gasteiger partial charge on any atom is -0.313 e. The van der Waals surface area contributed by atoms with E-state index in [0.29, 0.717) is 11.5 Å². The molecule has 0 spiro atoms. The second-order valence-corrected chi connectivity index (χ2v) is 7.11. The minimum atomic E-state index is -0.118. The van der Waals surface area contributed by atoms with Gasteiger partial charge in [-0.2, -0.15) is 0 Å². The Balaban J connectivity index is 2.19. The van der Waals surface area contributed by atoms with Crippen LogP contribution >= 0.6 is 0 Å². The van der Waals surface area contributed by atoms with Crippen LogP contribution in [0.4, 0.5) is 4.39 Å². The number of likely N-dealkylation sites (N-methyl/N-ethyl adjacent to an activating group) is 1. The van der Waals surface area contributed by atoms with Crippen molar-refractivity contribution in [1.29, 1.82) is 0 Å². The van der Waals surface area contributed by atoms with Crippen molar-refractivity contribution < 1.29 is 4.39 Å². The van der Waals surface area contributed by atoms with E-state index in [1.165, 1.54) is 38.2 Å². The summed E-state index contributed by atoms with van der Waals surface area (Å²) in [7, 11) is 0. The summed E-state index contributed by atoms with van der Waals surface area (Å²) in [5, 5.41) is 3.72. The third-order valence-corrected chi connectivity index (χ3v) is 4.93. The fourth-order valence-corrected chi connectivity index (χ4v) is 4.24. The van der Waals surface area contributed by atoms with Crippen molar-refractivity contribution in [3.05, 3.63) is 35.6 Å². The Kier molecular flexibility index (Phi) is 5.80. The molecule has 0 aliphatic heterocycles. The molecule has 0 radical (unpaired) electrons. The second kappa shape index (κ2) is 7.40. The monoisotopic (exact) mass is 291 g/mol. The molecule has 1 saturated carbocycles. The number of rotatable bonds is 7. The quantitative estimate of drug-likeness (QED) is 0.749. The van der Waals surface area contributed by atoms with Crippen molar-refractivity contribution in [3.8, 4) is 0 Å². The SMILES string of the molecule is CCNC(Cc1cccc(F)c1)C1(CC(C)C)CCCC1. The molecule has 1 fully saturated rings. The molecular formula is C19H30FN. The molecule has 1 aromatic rings. The first-order valence-electron chi connectivity index (χ1n) is 8.53. The Labute approximate surface area is 129 Å². The zero-order valence-corrected chi connectivity index (χ0v) is 13.8. The van der Waals surface area contributed by atoms with Crippen LogP contribution in [0, 0.1) is 17.2 Å². The van der Waals surface area contributed by atoms with Gasteiger partial charge in [0.05, 0.1) is 0 Å². The van der Waals surface area contributed by atoms with Gasteiger partial charge in [-0.25, -0.2) is 4.39 Å². The van der Waals surface area contributed by atoms with Crippen LogP contribution in [0.1, 0.15) is 58.4 Å². The molecule has 0 aromatic heterocycles. The Morgan fingerprint density at radius 2 is 1.95 bits per heavy atom. The number of halogens is 1. The summed E-state index contributed by atoms with van der Waals surface area (Å²) in [4.78, 5) is 0. The molecule has 1 atom stereocenters. The Morgan fingerprint density at radius 3 is 2.52 bits per heavy atom. The molecule has 118 valence electrons. The minimum absolute atomic E-state index is 0.118. The van der Waals surface area contributed by atoms with Crippen LogP contribution in [0.3, 0.4) is 0 Å². The van der Waals surface area contributed by atoms with Crippen LogP contribution in [0.5, 0.6) is 0 Å². The van der Waals surface area contributed by atoms with E-state index in [4.69, 9.17) is 0 Å². The second-order valence-electron chi connectivity index (χ2n) is 7.11. The van der Waals surface area contributed by atoms with Crippen molar-refractivity contribution in [2.45, 2.75) is 65.3 Å². The van der Waals surface area contributed by atoms with E-state index in [-0.39, 0.29) is 5.82 Å². The highest BCUT2D eigenvalue weighted by molar-refractivity contribution is 5.18. The fraction of sp³-hybridized carbons (Fsp3) is 0.684. The van der Waals surface area contributed by atoms with Gasteiger partial charge in [0, 0.05) is 6.04 Å². The molecule has 21 heavy (non-hydrogen) atoms. The Morgan fingerprint density at radius 1 is 1.24 bits per heavy atom. The van der Waals surface area contributed by atoms with E-state index in [9.17, 15) is 4.39 Å². The van der Waals surface area contributed by atoms with Gasteiger partial charge >= 0.3 is 0 Å². The molecule has 2 rings (SSSR count). The first-order chi connectivity index (χ1) is 10.1. The highest BCUT2D eigenvalue weighted by Crippen LogP contribution is 2.46. The maximum Gasteiger partial charge on any atom is 0.123 e. The zero-order valence-electron chi connectivity index (χ0n) is 13.8. The molecule has 0 saturated heterocycles. The maximum absolute atomic E-state index is 13.5. The zero-order chi connectivity index (χ0) is 15.3. The molecule has 1 unspecified atom stereocenters. The summed E-state index contributed by atoms with van der Waals surface area (Å²) < 4.78 is 13.5. The average molecular weight is 291 g/mol. The van der Waals surface area contributed by atoms with Crippen LogP contribution in [0.2, 0.25) is 0 Å². The van der Waals surface area contributed by atoms with E-state index in [1.54, 1.807) is 6.07 Å². The van der Waals surface area contributed by atoms with E-state index in [2.05, 4.69) is 32.2 Å². The van der Waals surface area contributed by atoms with Gasteiger partial charge in [0.2, 0.25) is 0 Å². The summed E-state index contributed by atoms with van der Waals surface area (Å²) in [6.07, 6.45) is 7.55. The van der Waals surface area contributed by atoms with Crippen molar-refractivity contribution >= 4 is 0 Å². The molecule has 2 heteroatoms. The van der Waals surface area contributed by atoms with Gasteiger partial charge in [0.15, 0.2) is 0 Å². The van der Waals surface area contributed by atoms with Crippen LogP contribution in [0.15, 0.2) is 24.3 Å². The Hall–Kier alpha value is -0.890. The van der Waals surface area contributed by atoms with Crippen molar-refractivity contribution in [2.24, 2.45) is 11.3 Å². The van der Waals surface area contributed by atoms with Gasteiger partial charge in [-0.15, -0.1) is 0 Å². The smallest absolute Gasteiger partial charge is 0.123 e. The first-order valence-corrected chi connectivity index (χ1v) is 8.53. The number of hydrogen-bond acceptors (Lipinski definition) is 1. The topological polar surface area (TPSA) is 12.0 Å². The number of nitrogens with one attached hydrogen (secondary N) is 1. The van der Waals surface area contributed by atoms with Gasteiger partial charge in [-0.3, -0.25) is 0 Å². The first kappa shape index (κ1) is 16.5. The molecule has 1 nitrogen and oxygen atoms in total. The van der Waals surface area contributed by atoms with Crippen molar-refractivity contribution in [3.63, 3.8) is 0 Å². The number of hydrogen-bond donors (Lipinski definition) is 1. The van der Waals surface area contributed by atoms with Gasteiger partial charge in [0.25, 0.3) is 0 Å². The predicted molar refractivity (Wildman–Crippen MR) is 87.9 cm³/mol. The third kappa shape index (κ3) is 4.29. The lowest BCUT2D eigenvalue weighted by molar-refractivity contribution is 0.155. The van der Waals surface area contributed by atoms with Gasteiger partial charge in [0.1, 0.15) is 5.82 Å². The lowest BCUT2D eigenvalue weighted by Crippen LogP contribution is -2.46. The molecule has 1 aliphatic rings. The molecular weight excluding hydrogens is 261 g/mol. The van der Waals surface area contributed by atoms with Crippen LogP contribution < -0.4 is 5.32 Å². The fourth-order valence-electron chi connectivity index (χ4n) is 4.24. The van der Waals surface area contributed by atoms with E-state index < -0.39 is 0 Å². The molecule has 0 amide bonds. The molecule has 0 heterocycles. The van der Waals surface area contributed by atoms with Crippen LogP contribution in [-0.4, -0.2) is 12.6 Å². The van der Waals surface area contributed by atoms with Crippen molar-refractivity contribution in [1.82, 2.24) is 5.32 Å². The third-order valence-electron chi connectivity index (χ3n) is 4.93. The maximum atomic E-state index is 13.5. The highest BCUT2D eigenvalue weighted by atomic mass is 19.1.